The first-order chi connectivity index (χ1) is 24.7. The number of hydrogen-bond acceptors (Lipinski definition) is 8. The number of hydrogen-bond donors (Lipinski definition) is 5. The molecule has 0 unspecified atom stereocenters. The van der Waals surface area contributed by atoms with Gasteiger partial charge in [-0.2, -0.15) is 0 Å². The molecule has 2 saturated heterocycles. The van der Waals surface area contributed by atoms with E-state index in [1.807, 2.05) is 65.6 Å². The Morgan fingerprint density at radius 3 is 2.37 bits per heavy atom. The number of urea groups is 1. The molecule has 2 fully saturated rings. The van der Waals surface area contributed by atoms with Gasteiger partial charge in [-0.15, -0.1) is 5.06 Å². The van der Waals surface area contributed by atoms with Gasteiger partial charge < -0.3 is 41.6 Å². The highest BCUT2D eigenvalue weighted by Gasteiger charge is 2.32. The molecule has 51 heavy (non-hydrogen) atoms. The van der Waals surface area contributed by atoms with Gasteiger partial charge in [0.05, 0.1) is 17.1 Å². The zero-order valence-corrected chi connectivity index (χ0v) is 31.8. The van der Waals surface area contributed by atoms with Crippen molar-refractivity contribution in [2.75, 3.05) is 67.5 Å². The number of amides is 4. The van der Waals surface area contributed by atoms with Crippen LogP contribution >= 0.6 is 31.9 Å². The molecule has 4 amide bonds. The molecule has 0 aromatic heterocycles. The van der Waals surface area contributed by atoms with Crippen LogP contribution < -0.4 is 27.0 Å². The fraction of sp³-hybridized carbons (Fsp3) is 0.432. The average molecular weight is 827 g/mol. The van der Waals surface area contributed by atoms with Crippen LogP contribution in [0.1, 0.15) is 43.2 Å². The second kappa shape index (κ2) is 17.6. The van der Waals surface area contributed by atoms with Crippen LogP contribution in [-0.2, 0) is 22.5 Å². The fourth-order valence-electron chi connectivity index (χ4n) is 6.97. The number of piperidine rings is 1. The molecule has 3 aliphatic rings. The second-order valence-corrected chi connectivity index (χ2v) is 15.0. The third-order valence-electron chi connectivity index (χ3n) is 9.76. The van der Waals surface area contributed by atoms with Crippen LogP contribution in [0.15, 0.2) is 69.6 Å². The lowest BCUT2D eigenvalue weighted by Gasteiger charge is -2.37. The topological polar surface area (TPSA) is 144 Å². The number of nitrogens with two attached hydrogens (primary N) is 1. The second-order valence-electron chi connectivity index (χ2n) is 13.3. The molecule has 0 spiro atoms. The number of halogens is 2. The first-order valence-electron chi connectivity index (χ1n) is 17.7. The number of nitrogens with one attached hydrogen (secondary N) is 4. The zero-order chi connectivity index (χ0) is 35.7. The quantitative estimate of drug-likeness (QED) is 0.104. The van der Waals surface area contributed by atoms with Crippen molar-refractivity contribution in [1.82, 2.24) is 20.2 Å². The van der Waals surface area contributed by atoms with Gasteiger partial charge in [-0.25, -0.2) is 9.59 Å². The molecule has 3 heterocycles. The largest absolute Gasteiger partial charge is 0.426 e. The first kappa shape index (κ1) is 36.9. The van der Waals surface area contributed by atoms with Gasteiger partial charge in [0.2, 0.25) is 5.91 Å². The fourth-order valence-corrected chi connectivity index (χ4v) is 8.25. The van der Waals surface area contributed by atoms with Gasteiger partial charge in [0.1, 0.15) is 6.04 Å². The van der Waals surface area contributed by atoms with E-state index in [1.165, 1.54) is 12.8 Å². The van der Waals surface area contributed by atoms with Crippen molar-refractivity contribution < 1.29 is 19.2 Å². The van der Waals surface area contributed by atoms with Gasteiger partial charge in [-0.05, 0) is 131 Å². The highest BCUT2D eigenvalue weighted by molar-refractivity contribution is 9.11. The third-order valence-corrected chi connectivity index (χ3v) is 11.1. The molecule has 14 heteroatoms. The predicted molar refractivity (Wildman–Crippen MR) is 208 cm³/mol. The number of benzene rings is 3. The van der Waals surface area contributed by atoms with Gasteiger partial charge in [-0.1, -0.05) is 30.3 Å². The predicted octanol–water partition coefficient (Wildman–Crippen LogP) is 6.44. The summed E-state index contributed by atoms with van der Waals surface area (Å²) in [6.07, 6.45) is 5.07. The smallest absolute Gasteiger partial charge is 0.397 e. The van der Waals surface area contributed by atoms with E-state index >= 15 is 0 Å². The normalized spacial score (nSPS) is 17.6. The molecule has 3 aromatic carbocycles. The van der Waals surface area contributed by atoms with Crippen LogP contribution in [0.25, 0.3) is 0 Å². The maximum atomic E-state index is 13.9. The van der Waals surface area contributed by atoms with E-state index in [4.69, 9.17) is 10.6 Å². The van der Waals surface area contributed by atoms with E-state index in [1.54, 1.807) is 5.06 Å². The summed E-state index contributed by atoms with van der Waals surface area (Å²) in [5, 5.41) is 14.0. The van der Waals surface area contributed by atoms with Crippen molar-refractivity contribution >= 4 is 72.6 Å². The van der Waals surface area contributed by atoms with Crippen molar-refractivity contribution in [3.8, 4) is 0 Å². The van der Waals surface area contributed by atoms with Crippen LogP contribution in [0, 0.1) is 0 Å². The number of anilines is 4. The molecule has 1 atom stereocenters. The number of carbonyl (C=O) groups excluding carboxylic acids is 3. The summed E-state index contributed by atoms with van der Waals surface area (Å²) in [7, 11) is 0. The number of carbonyl (C=O) groups is 3. The molecule has 272 valence electrons. The Kier molecular flexibility index (Phi) is 12.7. The van der Waals surface area contributed by atoms with E-state index in [-0.39, 0.29) is 24.4 Å². The summed E-state index contributed by atoms with van der Waals surface area (Å²) in [5.74, 6) is -0.380. The van der Waals surface area contributed by atoms with E-state index < -0.39 is 12.1 Å². The van der Waals surface area contributed by atoms with E-state index in [9.17, 15) is 14.4 Å². The van der Waals surface area contributed by atoms with Gasteiger partial charge in [0.15, 0.2) is 0 Å². The molecular formula is C37H46Br2N8O4. The Labute approximate surface area is 316 Å². The Balaban J connectivity index is 1.06. The highest BCUT2D eigenvalue weighted by Crippen LogP contribution is 2.31. The third kappa shape index (κ3) is 9.94. The number of hydroxylamine groups is 2. The van der Waals surface area contributed by atoms with Crippen molar-refractivity contribution in [3.63, 3.8) is 0 Å². The summed E-state index contributed by atoms with van der Waals surface area (Å²) in [4.78, 5) is 50.3. The minimum atomic E-state index is -0.955. The Morgan fingerprint density at radius 1 is 0.941 bits per heavy atom. The lowest BCUT2D eigenvalue weighted by Crippen LogP contribution is -2.51. The number of rotatable bonds is 12. The maximum Gasteiger partial charge on any atom is 0.426 e. The number of nitrogen functional groups attached to an aromatic ring is 1. The summed E-state index contributed by atoms with van der Waals surface area (Å²) in [6, 6.07) is 18.1. The van der Waals surface area contributed by atoms with Crippen LogP contribution in [0.5, 0.6) is 0 Å². The zero-order valence-electron chi connectivity index (χ0n) is 28.6. The minimum Gasteiger partial charge on any atom is -0.397 e. The van der Waals surface area contributed by atoms with Gasteiger partial charge in [0, 0.05) is 53.3 Å². The van der Waals surface area contributed by atoms with Crippen LogP contribution in [0.2, 0.25) is 0 Å². The Hall–Kier alpha value is -3.85. The molecule has 3 aromatic rings. The van der Waals surface area contributed by atoms with E-state index in [0.29, 0.717) is 52.8 Å². The van der Waals surface area contributed by atoms with Gasteiger partial charge in [-0.3, -0.25) is 4.79 Å². The molecule has 12 nitrogen and oxygen atoms in total. The first-order valence-corrected chi connectivity index (χ1v) is 19.3. The Bertz CT molecular complexity index is 1670. The summed E-state index contributed by atoms with van der Waals surface area (Å²) in [5.41, 5.74) is 10.9. The number of fused-ring (bicyclic) bond motifs is 1. The molecule has 0 saturated carbocycles. The standard InChI is InChI=1S/C37H46Br2N8O4/c38-28-22-25(23-29(39)34(28)40)24-33(35(48)42-32-11-4-3-10-31(32)41-15-7-18-45-16-5-6-17-45)44-37(50)51-46-19-13-27(14-20-46)47-21-12-26-8-1-2-9-30(26)43-36(47)49/h1-4,8-11,22-23,27,33,41H,5-7,12-21,24,40H2,(H,42,48)(H,43,49)(H,44,50)/t33-/m1/s1. The Morgan fingerprint density at radius 2 is 1.63 bits per heavy atom. The highest BCUT2D eigenvalue weighted by atomic mass is 79.9. The molecule has 0 bridgehead atoms. The van der Waals surface area contributed by atoms with E-state index in [2.05, 4.69) is 58.0 Å². The molecule has 0 radical (unpaired) electrons. The lowest BCUT2D eigenvalue weighted by molar-refractivity contribution is -0.125. The van der Waals surface area contributed by atoms with Crippen molar-refractivity contribution in [3.05, 3.63) is 80.7 Å². The van der Waals surface area contributed by atoms with Gasteiger partial charge in [0.25, 0.3) is 0 Å². The van der Waals surface area contributed by atoms with Crippen LogP contribution in [-0.4, -0.2) is 90.8 Å². The van der Waals surface area contributed by atoms with Gasteiger partial charge >= 0.3 is 12.1 Å². The molecule has 0 aliphatic carbocycles. The minimum absolute atomic E-state index is 0.0251. The van der Waals surface area contributed by atoms with Crippen LogP contribution in [0.4, 0.5) is 32.3 Å². The molecule has 6 rings (SSSR count). The van der Waals surface area contributed by atoms with Crippen molar-refractivity contribution in [2.45, 2.75) is 57.0 Å². The molecule has 3 aliphatic heterocycles. The number of likely N-dealkylation sites (tertiary alicyclic amines) is 1. The number of nitrogens with zero attached hydrogens (tertiary/aromatic N) is 3. The van der Waals surface area contributed by atoms with Crippen molar-refractivity contribution in [1.29, 1.82) is 0 Å². The molecular weight excluding hydrogens is 780 g/mol. The van der Waals surface area contributed by atoms with Crippen molar-refractivity contribution in [2.24, 2.45) is 0 Å². The average Bonchev–Trinajstić information content (AvgIpc) is 3.58. The molecule has 6 N–H and O–H groups in total. The van der Waals surface area contributed by atoms with Crippen LogP contribution in [0.3, 0.4) is 0 Å². The summed E-state index contributed by atoms with van der Waals surface area (Å²) < 4.78 is 1.36. The number of para-hydroxylation sites is 3. The SMILES string of the molecule is Nc1c(Br)cc(C[C@@H](NC(=O)ON2CCC(N3CCc4ccccc4NC3=O)CC2)C(=O)Nc2ccccc2NCCCN2CCCC2)cc1Br. The monoisotopic (exact) mass is 824 g/mol. The summed E-state index contributed by atoms with van der Waals surface area (Å²) >= 11 is 6.98. The lowest BCUT2D eigenvalue weighted by atomic mass is 10.0. The maximum absolute atomic E-state index is 13.9. The van der Waals surface area contributed by atoms with E-state index in [0.717, 1.165) is 61.5 Å². The summed E-state index contributed by atoms with van der Waals surface area (Å²) in [6.45, 7) is 5.69.